The van der Waals surface area contributed by atoms with Crippen molar-refractivity contribution in [2.75, 3.05) is 31.5 Å². The number of nitrogens with zero attached hydrogens (tertiary/aromatic N) is 5. The minimum absolute atomic E-state index is 0.0318. The van der Waals surface area contributed by atoms with Gasteiger partial charge in [0.15, 0.2) is 11.4 Å². The molecular formula is C23H22N6O5. The Morgan fingerprint density at radius 2 is 1.53 bits per heavy atom. The number of nitrogens with one attached hydrogen (secondary N) is 1. The average Bonchev–Trinajstić information content (AvgIpc) is 2.89. The number of anilines is 2. The second-order valence-electron chi connectivity index (χ2n) is 8.07. The first-order valence-corrected chi connectivity index (χ1v) is 10.7. The van der Waals surface area contributed by atoms with E-state index in [-0.39, 0.29) is 34.6 Å². The maximum absolute atomic E-state index is 13.4. The first kappa shape index (κ1) is 21.4. The molecule has 11 heteroatoms. The third kappa shape index (κ3) is 3.41. The lowest BCUT2D eigenvalue weighted by Gasteiger charge is -2.35. The second-order valence-corrected chi connectivity index (χ2v) is 8.07. The van der Waals surface area contributed by atoms with Crippen molar-refractivity contribution < 1.29 is 14.3 Å². The third-order valence-corrected chi connectivity index (χ3v) is 6.12. The summed E-state index contributed by atoms with van der Waals surface area (Å²) >= 11 is 0. The molecule has 0 atom stereocenters. The van der Waals surface area contributed by atoms with Gasteiger partial charge in [0.2, 0.25) is 5.75 Å². The van der Waals surface area contributed by atoms with E-state index in [0.717, 1.165) is 4.68 Å². The number of fused-ring (bicyclic) bond motifs is 2. The smallest absolute Gasteiger partial charge is 0.310 e. The summed E-state index contributed by atoms with van der Waals surface area (Å²) in [7, 11) is 2.95. The molecule has 2 amide bonds. The van der Waals surface area contributed by atoms with Crippen LogP contribution in [0.1, 0.15) is 20.8 Å². The van der Waals surface area contributed by atoms with E-state index in [4.69, 9.17) is 4.74 Å². The number of piperazine rings is 1. The Balaban J connectivity index is 1.38. The van der Waals surface area contributed by atoms with Gasteiger partial charge in [0, 0.05) is 46.5 Å². The Kier molecular flexibility index (Phi) is 5.16. The molecule has 4 heterocycles. The molecule has 2 aromatic heterocycles. The zero-order valence-electron chi connectivity index (χ0n) is 18.6. The number of carbonyl (C=O) groups excluding carboxylic acids is 2. The molecular weight excluding hydrogens is 440 g/mol. The molecule has 0 spiro atoms. The lowest BCUT2D eigenvalue weighted by Crippen LogP contribution is -2.50. The number of benzene rings is 1. The van der Waals surface area contributed by atoms with Gasteiger partial charge in [-0.2, -0.15) is 0 Å². The van der Waals surface area contributed by atoms with E-state index in [1.807, 2.05) is 0 Å². The molecule has 0 aliphatic carbocycles. The van der Waals surface area contributed by atoms with Crippen molar-refractivity contribution in [1.29, 1.82) is 0 Å². The molecule has 174 valence electrons. The molecule has 2 aliphatic rings. The predicted molar refractivity (Wildman–Crippen MR) is 123 cm³/mol. The van der Waals surface area contributed by atoms with Crippen LogP contribution < -0.4 is 21.2 Å². The summed E-state index contributed by atoms with van der Waals surface area (Å²) in [6.07, 6.45) is 1.57. The maximum Gasteiger partial charge on any atom is 0.310 e. The van der Waals surface area contributed by atoms with E-state index in [0.29, 0.717) is 37.6 Å². The number of carbonyl (C=O) groups is 2. The van der Waals surface area contributed by atoms with Gasteiger partial charge >= 0.3 is 5.56 Å². The van der Waals surface area contributed by atoms with Crippen molar-refractivity contribution in [3.05, 3.63) is 74.6 Å². The predicted octanol–water partition coefficient (Wildman–Crippen LogP) is 0.926. The Morgan fingerprint density at radius 1 is 0.853 bits per heavy atom. The maximum atomic E-state index is 13.4. The van der Waals surface area contributed by atoms with Gasteiger partial charge in [0.1, 0.15) is 5.69 Å². The summed E-state index contributed by atoms with van der Waals surface area (Å²) in [5, 5.41) is 2.95. The Labute approximate surface area is 193 Å². The van der Waals surface area contributed by atoms with Crippen molar-refractivity contribution >= 4 is 23.2 Å². The summed E-state index contributed by atoms with van der Waals surface area (Å²) in [6.45, 7) is 1.42. The highest BCUT2D eigenvalue weighted by molar-refractivity contribution is 6.00. The van der Waals surface area contributed by atoms with E-state index < -0.39 is 11.1 Å². The van der Waals surface area contributed by atoms with Gasteiger partial charge in [0.25, 0.3) is 17.4 Å². The van der Waals surface area contributed by atoms with Crippen LogP contribution in [-0.4, -0.2) is 62.1 Å². The molecule has 0 radical (unpaired) electrons. The fourth-order valence-electron chi connectivity index (χ4n) is 4.07. The molecule has 1 saturated heterocycles. The van der Waals surface area contributed by atoms with Crippen LogP contribution in [0, 0.1) is 0 Å². The van der Waals surface area contributed by atoms with Gasteiger partial charge in [0.05, 0.1) is 11.3 Å². The third-order valence-electron chi connectivity index (χ3n) is 6.12. The van der Waals surface area contributed by atoms with Gasteiger partial charge < -0.3 is 19.9 Å². The summed E-state index contributed by atoms with van der Waals surface area (Å²) in [4.78, 5) is 58.7. The number of para-hydroxylation sites is 1. The fourth-order valence-corrected chi connectivity index (χ4v) is 4.07. The fraction of sp³-hybridized carbons (Fsp3) is 0.261. The summed E-state index contributed by atoms with van der Waals surface area (Å²) in [5.74, 6) is -0.416. The molecule has 1 aromatic carbocycles. The molecule has 5 rings (SSSR count). The molecule has 2 aliphatic heterocycles. The lowest BCUT2D eigenvalue weighted by atomic mass is 10.1. The van der Waals surface area contributed by atoms with Crippen molar-refractivity contribution in [3.8, 4) is 11.5 Å². The number of rotatable bonds is 2. The largest absolute Gasteiger partial charge is 0.446 e. The van der Waals surface area contributed by atoms with Gasteiger partial charge in [-0.05, 0) is 24.3 Å². The minimum Gasteiger partial charge on any atom is -0.446 e. The van der Waals surface area contributed by atoms with E-state index in [1.165, 1.54) is 18.8 Å². The molecule has 1 fully saturated rings. The van der Waals surface area contributed by atoms with Crippen molar-refractivity contribution in [3.63, 3.8) is 0 Å². The van der Waals surface area contributed by atoms with E-state index in [1.54, 1.807) is 52.4 Å². The SMILES string of the molecule is Cn1c(=O)c2c(c(=O)n1C)Oc1c(cccc1C(=O)N1CCN(C(=O)c3ccccn3)CC1)N2. The molecule has 3 aromatic rings. The number of hydrogen-bond donors (Lipinski definition) is 1. The zero-order valence-corrected chi connectivity index (χ0v) is 18.6. The number of pyridine rings is 1. The van der Waals surface area contributed by atoms with E-state index in [2.05, 4.69) is 10.3 Å². The van der Waals surface area contributed by atoms with Crippen molar-refractivity contribution in [1.82, 2.24) is 24.1 Å². The van der Waals surface area contributed by atoms with Crippen LogP contribution in [0.4, 0.5) is 11.4 Å². The molecule has 0 saturated carbocycles. The van der Waals surface area contributed by atoms with Crippen LogP contribution in [0.2, 0.25) is 0 Å². The number of amides is 2. The highest BCUT2D eigenvalue weighted by Gasteiger charge is 2.31. The number of hydrogen-bond acceptors (Lipinski definition) is 7. The Hall–Kier alpha value is -4.41. The van der Waals surface area contributed by atoms with E-state index in [9.17, 15) is 19.2 Å². The summed E-state index contributed by atoms with van der Waals surface area (Å²) in [5.41, 5.74) is 0.164. The topological polar surface area (TPSA) is 119 Å². The second kappa shape index (κ2) is 8.18. The van der Waals surface area contributed by atoms with E-state index >= 15 is 0 Å². The van der Waals surface area contributed by atoms with Crippen LogP contribution in [-0.2, 0) is 14.1 Å². The zero-order chi connectivity index (χ0) is 24.0. The van der Waals surface area contributed by atoms with Gasteiger partial charge in [-0.3, -0.25) is 24.2 Å². The molecule has 34 heavy (non-hydrogen) atoms. The minimum atomic E-state index is -0.501. The molecule has 1 N–H and O–H groups in total. The lowest BCUT2D eigenvalue weighted by molar-refractivity contribution is 0.0531. The van der Waals surface area contributed by atoms with Crippen LogP contribution in [0.15, 0.2) is 52.2 Å². The first-order chi connectivity index (χ1) is 16.4. The van der Waals surface area contributed by atoms with Crippen LogP contribution in [0.5, 0.6) is 11.5 Å². The monoisotopic (exact) mass is 462 g/mol. The molecule has 0 unspecified atom stereocenters. The highest BCUT2D eigenvalue weighted by Crippen LogP contribution is 2.41. The molecule has 11 nitrogen and oxygen atoms in total. The molecule has 0 bridgehead atoms. The van der Waals surface area contributed by atoms with Crippen LogP contribution in [0.3, 0.4) is 0 Å². The van der Waals surface area contributed by atoms with Crippen LogP contribution in [0.25, 0.3) is 0 Å². The standard InChI is InChI=1S/C23H22N6O5/c1-26-22(32)17-19(23(33)27(26)2)34-18-14(6-5-8-15(18)25-17)20(30)28-10-12-29(13-11-28)21(31)16-7-3-4-9-24-16/h3-9,25H,10-13H2,1-2H3. The Morgan fingerprint density at radius 3 is 2.21 bits per heavy atom. The van der Waals surface area contributed by atoms with Gasteiger partial charge in [-0.1, -0.05) is 12.1 Å². The average molecular weight is 462 g/mol. The quantitative estimate of drug-likeness (QED) is 0.471. The number of aromatic nitrogens is 3. The number of ether oxygens (including phenoxy) is 1. The normalized spacial score (nSPS) is 14.5. The van der Waals surface area contributed by atoms with Gasteiger partial charge in [-0.25, -0.2) is 9.36 Å². The summed E-state index contributed by atoms with van der Waals surface area (Å²) in [6, 6.07) is 10.1. The van der Waals surface area contributed by atoms with Crippen molar-refractivity contribution in [2.45, 2.75) is 0 Å². The highest BCUT2D eigenvalue weighted by atomic mass is 16.5. The van der Waals surface area contributed by atoms with Crippen molar-refractivity contribution in [2.24, 2.45) is 14.1 Å². The summed E-state index contributed by atoms with van der Waals surface area (Å²) < 4.78 is 8.19. The Bertz CT molecular complexity index is 1420. The van der Waals surface area contributed by atoms with Crippen LogP contribution >= 0.6 is 0 Å². The van der Waals surface area contributed by atoms with Gasteiger partial charge in [-0.15, -0.1) is 0 Å². The first-order valence-electron chi connectivity index (χ1n) is 10.7.